The Bertz CT molecular complexity index is 436. The van der Waals surface area contributed by atoms with Crippen LogP contribution in [0.5, 0.6) is 0 Å². The van der Waals surface area contributed by atoms with Crippen LogP contribution in [0.4, 0.5) is 0 Å². The zero-order valence-corrected chi connectivity index (χ0v) is 12.5. The van der Waals surface area contributed by atoms with Gasteiger partial charge in [0.15, 0.2) is 0 Å². The van der Waals surface area contributed by atoms with Gasteiger partial charge in [0, 0.05) is 26.2 Å². The van der Waals surface area contributed by atoms with Crippen molar-refractivity contribution in [1.29, 1.82) is 0 Å². The molecule has 1 aliphatic heterocycles. The minimum absolute atomic E-state index is 0.0581. The summed E-state index contributed by atoms with van der Waals surface area (Å²) in [5, 5.41) is 14.4. The highest BCUT2D eigenvalue weighted by atomic mass is 35.5. The van der Waals surface area contributed by atoms with Crippen molar-refractivity contribution in [3.63, 3.8) is 0 Å². The molecule has 1 aromatic heterocycles. The lowest BCUT2D eigenvalue weighted by Gasteiger charge is -2.37. The average Bonchev–Trinajstić information content (AvgIpc) is 2.68. The molecule has 2 atom stereocenters. The van der Waals surface area contributed by atoms with Gasteiger partial charge in [-0.1, -0.05) is 18.5 Å². The number of aryl methyl sites for hydroxylation is 2. The maximum Gasteiger partial charge on any atom is 0.0933 e. The fourth-order valence-corrected chi connectivity index (χ4v) is 2.74. The van der Waals surface area contributed by atoms with Gasteiger partial charge < -0.3 is 9.84 Å². The predicted molar refractivity (Wildman–Crippen MR) is 74.3 cm³/mol. The van der Waals surface area contributed by atoms with Crippen LogP contribution in [0.15, 0.2) is 0 Å². The van der Waals surface area contributed by atoms with E-state index in [0.717, 1.165) is 35.9 Å². The Morgan fingerprint density at radius 1 is 1.53 bits per heavy atom. The molecule has 1 aromatic rings. The summed E-state index contributed by atoms with van der Waals surface area (Å²) in [5.41, 5.74) is 1.97. The zero-order valence-electron chi connectivity index (χ0n) is 11.8. The quantitative estimate of drug-likeness (QED) is 0.905. The molecule has 0 aromatic carbocycles. The lowest BCUT2D eigenvalue weighted by atomic mass is 10.2. The highest BCUT2D eigenvalue weighted by Gasteiger charge is 2.27. The summed E-state index contributed by atoms with van der Waals surface area (Å²) in [5.74, 6) is 0. The van der Waals surface area contributed by atoms with Crippen LogP contribution in [0.1, 0.15) is 25.2 Å². The first-order valence-electron chi connectivity index (χ1n) is 6.73. The van der Waals surface area contributed by atoms with Gasteiger partial charge in [-0.25, -0.2) is 0 Å². The Morgan fingerprint density at radius 3 is 2.84 bits per heavy atom. The Morgan fingerprint density at radius 2 is 2.26 bits per heavy atom. The number of aliphatic hydroxyl groups is 1. The summed E-state index contributed by atoms with van der Waals surface area (Å²) in [6.45, 7) is 6.34. The van der Waals surface area contributed by atoms with Gasteiger partial charge in [0.1, 0.15) is 0 Å². The van der Waals surface area contributed by atoms with E-state index in [1.807, 2.05) is 11.7 Å². The molecule has 0 spiro atoms. The van der Waals surface area contributed by atoms with Gasteiger partial charge in [0.25, 0.3) is 0 Å². The molecular formula is C13H22ClN3O2. The van der Waals surface area contributed by atoms with E-state index in [0.29, 0.717) is 12.6 Å². The molecule has 1 fully saturated rings. The highest BCUT2D eigenvalue weighted by molar-refractivity contribution is 6.31. The van der Waals surface area contributed by atoms with Gasteiger partial charge >= 0.3 is 0 Å². The van der Waals surface area contributed by atoms with Gasteiger partial charge in [0.05, 0.1) is 35.7 Å². The molecule has 0 amide bonds. The molecule has 2 heterocycles. The van der Waals surface area contributed by atoms with Crippen LogP contribution >= 0.6 is 11.6 Å². The number of halogens is 1. The third-order valence-electron chi connectivity index (χ3n) is 3.69. The summed E-state index contributed by atoms with van der Waals surface area (Å²) in [6.07, 6.45) is 0.735. The summed E-state index contributed by atoms with van der Waals surface area (Å²) in [7, 11) is 1.93. The number of hydrogen-bond donors (Lipinski definition) is 1. The van der Waals surface area contributed by atoms with Crippen LogP contribution in [0.3, 0.4) is 0 Å². The Kier molecular flexibility index (Phi) is 4.84. The van der Waals surface area contributed by atoms with Crippen LogP contribution in [0.2, 0.25) is 5.02 Å². The monoisotopic (exact) mass is 287 g/mol. The fraction of sp³-hybridized carbons (Fsp3) is 0.769. The molecule has 0 saturated carbocycles. The highest BCUT2D eigenvalue weighted by Crippen LogP contribution is 2.24. The number of aromatic nitrogens is 2. The van der Waals surface area contributed by atoms with E-state index in [9.17, 15) is 5.11 Å². The average molecular weight is 288 g/mol. The predicted octanol–water partition coefficient (Wildman–Crippen LogP) is 1.22. The smallest absolute Gasteiger partial charge is 0.0933 e. The van der Waals surface area contributed by atoms with Gasteiger partial charge in [-0.3, -0.25) is 9.58 Å². The van der Waals surface area contributed by atoms with Crippen LogP contribution in [-0.4, -0.2) is 51.7 Å². The maximum atomic E-state index is 9.22. The molecule has 1 saturated heterocycles. The molecule has 6 heteroatoms. The van der Waals surface area contributed by atoms with Gasteiger partial charge in [0.2, 0.25) is 0 Å². The van der Waals surface area contributed by atoms with E-state index in [1.165, 1.54) is 0 Å². The van der Waals surface area contributed by atoms with Crippen LogP contribution in [-0.2, 0) is 24.8 Å². The molecule has 0 aliphatic carbocycles. The van der Waals surface area contributed by atoms with Gasteiger partial charge in [-0.05, 0) is 13.3 Å². The second-order valence-electron chi connectivity index (χ2n) is 5.10. The Balaban J connectivity index is 2.13. The third kappa shape index (κ3) is 3.11. The van der Waals surface area contributed by atoms with E-state index in [1.54, 1.807) is 0 Å². The van der Waals surface area contributed by atoms with E-state index >= 15 is 0 Å². The largest absolute Gasteiger partial charge is 0.394 e. The molecule has 1 aliphatic rings. The summed E-state index contributed by atoms with van der Waals surface area (Å²) >= 11 is 6.38. The second kappa shape index (κ2) is 6.22. The third-order valence-corrected chi connectivity index (χ3v) is 4.13. The van der Waals surface area contributed by atoms with Crippen molar-refractivity contribution in [2.75, 3.05) is 19.8 Å². The number of morpholine rings is 1. The molecule has 108 valence electrons. The van der Waals surface area contributed by atoms with E-state index in [-0.39, 0.29) is 12.7 Å². The summed E-state index contributed by atoms with van der Waals surface area (Å²) in [4.78, 5) is 2.28. The summed E-state index contributed by atoms with van der Waals surface area (Å²) < 4.78 is 7.41. The van der Waals surface area contributed by atoms with Crippen molar-refractivity contribution < 1.29 is 9.84 Å². The molecule has 2 rings (SSSR count). The normalized spacial score (nSPS) is 24.9. The maximum absolute atomic E-state index is 9.22. The number of aliphatic hydroxyl groups excluding tert-OH is 1. The summed E-state index contributed by atoms with van der Waals surface area (Å²) in [6, 6.07) is 0.318. The first-order chi connectivity index (χ1) is 9.06. The number of rotatable bonds is 4. The molecule has 0 bridgehead atoms. The van der Waals surface area contributed by atoms with Crippen LogP contribution in [0.25, 0.3) is 0 Å². The van der Waals surface area contributed by atoms with Crippen molar-refractivity contribution >= 4 is 11.6 Å². The fourth-order valence-electron chi connectivity index (χ4n) is 2.39. The minimum Gasteiger partial charge on any atom is -0.394 e. The molecule has 2 unspecified atom stereocenters. The number of ether oxygens (including phenoxy) is 1. The van der Waals surface area contributed by atoms with Crippen LogP contribution in [0, 0.1) is 0 Å². The molecule has 19 heavy (non-hydrogen) atoms. The topological polar surface area (TPSA) is 50.5 Å². The first-order valence-corrected chi connectivity index (χ1v) is 7.11. The molecular weight excluding hydrogens is 266 g/mol. The standard InChI is InChI=1S/C13H22ClN3O2/c1-4-11-13(14)12(16(3)15-11)6-17-5-10(7-18)19-8-9(17)2/h9-10,18H,4-8H2,1-3H3. The molecule has 1 N–H and O–H groups in total. The first kappa shape index (κ1) is 14.8. The Hall–Kier alpha value is -0.620. The van der Waals surface area contributed by atoms with Crippen molar-refractivity contribution in [3.8, 4) is 0 Å². The minimum atomic E-state index is -0.103. The molecule has 0 radical (unpaired) electrons. The van der Waals surface area contributed by atoms with Crippen LogP contribution < -0.4 is 0 Å². The molecule has 5 nitrogen and oxygen atoms in total. The van der Waals surface area contributed by atoms with Gasteiger partial charge in [-0.15, -0.1) is 0 Å². The lowest BCUT2D eigenvalue weighted by Crippen LogP contribution is -2.49. The number of nitrogens with zero attached hydrogens (tertiary/aromatic N) is 3. The van der Waals surface area contributed by atoms with Crippen molar-refractivity contribution in [3.05, 3.63) is 16.4 Å². The number of hydrogen-bond acceptors (Lipinski definition) is 4. The van der Waals surface area contributed by atoms with E-state index in [4.69, 9.17) is 16.3 Å². The Labute approximate surface area is 119 Å². The van der Waals surface area contributed by atoms with Gasteiger partial charge in [-0.2, -0.15) is 5.10 Å². The second-order valence-corrected chi connectivity index (χ2v) is 5.48. The van der Waals surface area contributed by atoms with Crippen molar-refractivity contribution in [2.45, 2.75) is 39.0 Å². The lowest BCUT2D eigenvalue weighted by molar-refractivity contribution is -0.0811. The zero-order chi connectivity index (χ0) is 14.0. The van der Waals surface area contributed by atoms with Crippen molar-refractivity contribution in [2.24, 2.45) is 7.05 Å². The van der Waals surface area contributed by atoms with Crippen molar-refractivity contribution in [1.82, 2.24) is 14.7 Å². The van der Waals surface area contributed by atoms with E-state index < -0.39 is 0 Å². The van der Waals surface area contributed by atoms with E-state index in [2.05, 4.69) is 23.8 Å². The SMILES string of the molecule is CCc1nn(C)c(CN2CC(CO)OCC2C)c1Cl.